The minimum absolute atomic E-state index is 0.175. The van der Waals surface area contributed by atoms with Crippen molar-refractivity contribution in [1.29, 1.82) is 0 Å². The summed E-state index contributed by atoms with van der Waals surface area (Å²) < 4.78 is 10.7. The fourth-order valence-corrected chi connectivity index (χ4v) is 2.71. The molecule has 6 heteroatoms. The third kappa shape index (κ3) is 3.17. The lowest BCUT2D eigenvalue weighted by Gasteiger charge is -2.17. The molecule has 4 rings (SSSR count). The first-order valence-electron chi connectivity index (χ1n) is 8.16. The van der Waals surface area contributed by atoms with Gasteiger partial charge in [-0.15, -0.1) is 0 Å². The maximum absolute atomic E-state index is 12.7. The molecule has 1 aliphatic heterocycles. The summed E-state index contributed by atoms with van der Waals surface area (Å²) in [7, 11) is 1.73. The van der Waals surface area contributed by atoms with E-state index in [4.69, 9.17) is 9.47 Å². The molecular formula is C20H17N3O3. The maximum atomic E-state index is 12.7. The quantitative estimate of drug-likeness (QED) is 0.777. The summed E-state index contributed by atoms with van der Waals surface area (Å²) in [6.45, 7) is 0.235. The number of hydrogen-bond donors (Lipinski definition) is 1. The van der Waals surface area contributed by atoms with E-state index < -0.39 is 0 Å². The van der Waals surface area contributed by atoms with Crippen molar-refractivity contribution in [2.45, 2.75) is 0 Å². The number of carbonyl (C=O) groups excluding carboxylic acids is 1. The Hall–Kier alpha value is -3.54. The fourth-order valence-electron chi connectivity index (χ4n) is 2.71. The number of carbonyl (C=O) groups is 1. The Morgan fingerprint density at radius 1 is 1.00 bits per heavy atom. The van der Waals surface area contributed by atoms with E-state index in [0.717, 1.165) is 22.8 Å². The molecule has 2 aromatic carbocycles. The third-order valence-electron chi connectivity index (χ3n) is 4.09. The molecule has 0 saturated carbocycles. The number of rotatable bonds is 4. The topological polar surface area (TPSA) is 63.7 Å². The molecule has 1 aliphatic rings. The van der Waals surface area contributed by atoms with Crippen molar-refractivity contribution in [1.82, 2.24) is 4.98 Å². The predicted octanol–water partition coefficient (Wildman–Crippen LogP) is 3.83. The predicted molar refractivity (Wildman–Crippen MR) is 99.3 cm³/mol. The van der Waals surface area contributed by atoms with Crippen LogP contribution in [-0.4, -0.2) is 24.7 Å². The number of fused-ring (bicyclic) bond motifs is 1. The monoisotopic (exact) mass is 347 g/mol. The second-order valence-corrected chi connectivity index (χ2v) is 5.82. The van der Waals surface area contributed by atoms with E-state index in [9.17, 15) is 4.79 Å². The van der Waals surface area contributed by atoms with Crippen LogP contribution in [0.1, 0.15) is 10.5 Å². The summed E-state index contributed by atoms with van der Waals surface area (Å²) in [6, 6.07) is 18.6. The van der Waals surface area contributed by atoms with Crippen molar-refractivity contribution in [3.05, 3.63) is 72.6 Å². The Kier molecular flexibility index (Phi) is 4.15. The number of anilines is 3. The van der Waals surface area contributed by atoms with Crippen molar-refractivity contribution in [2.24, 2.45) is 0 Å². The SMILES string of the molecule is CN(C(=O)c1cc(Nc2ccc3c(c2)OCO3)ccn1)c1ccccc1. The molecule has 0 saturated heterocycles. The first-order valence-corrected chi connectivity index (χ1v) is 8.16. The van der Waals surface area contributed by atoms with Gasteiger partial charge >= 0.3 is 0 Å². The molecule has 6 nitrogen and oxygen atoms in total. The molecule has 2 heterocycles. The van der Waals surface area contributed by atoms with Crippen molar-refractivity contribution >= 4 is 23.0 Å². The summed E-state index contributed by atoms with van der Waals surface area (Å²) in [5.41, 5.74) is 2.79. The molecule has 3 aromatic rings. The van der Waals surface area contributed by atoms with Gasteiger partial charge in [-0.05, 0) is 36.4 Å². The summed E-state index contributed by atoms with van der Waals surface area (Å²) >= 11 is 0. The molecule has 0 atom stereocenters. The summed E-state index contributed by atoms with van der Waals surface area (Å²) in [4.78, 5) is 18.5. The second-order valence-electron chi connectivity index (χ2n) is 5.82. The van der Waals surface area contributed by atoms with E-state index in [1.54, 1.807) is 24.2 Å². The summed E-state index contributed by atoms with van der Waals surface area (Å²) in [5.74, 6) is 1.25. The van der Waals surface area contributed by atoms with E-state index >= 15 is 0 Å². The van der Waals surface area contributed by atoms with Crippen LogP contribution < -0.4 is 19.7 Å². The number of pyridine rings is 1. The van der Waals surface area contributed by atoms with Gasteiger partial charge in [-0.3, -0.25) is 9.78 Å². The Bertz CT molecular complexity index is 944. The van der Waals surface area contributed by atoms with Crippen LogP contribution in [0.3, 0.4) is 0 Å². The highest BCUT2D eigenvalue weighted by molar-refractivity contribution is 6.04. The number of hydrogen-bond acceptors (Lipinski definition) is 5. The van der Waals surface area contributed by atoms with Crippen LogP contribution >= 0.6 is 0 Å². The summed E-state index contributed by atoms with van der Waals surface area (Å²) in [6.07, 6.45) is 1.61. The van der Waals surface area contributed by atoms with E-state index in [1.807, 2.05) is 54.6 Å². The van der Waals surface area contributed by atoms with E-state index in [0.29, 0.717) is 11.4 Å². The molecule has 1 aromatic heterocycles. The number of nitrogens with zero attached hydrogens (tertiary/aromatic N) is 2. The fraction of sp³-hybridized carbons (Fsp3) is 0.100. The van der Waals surface area contributed by atoms with Gasteiger partial charge in [-0.2, -0.15) is 0 Å². The highest BCUT2D eigenvalue weighted by Gasteiger charge is 2.16. The van der Waals surface area contributed by atoms with Gasteiger partial charge in [0.05, 0.1) is 0 Å². The van der Waals surface area contributed by atoms with Gasteiger partial charge in [0.25, 0.3) is 5.91 Å². The van der Waals surface area contributed by atoms with Gasteiger partial charge in [0.15, 0.2) is 11.5 Å². The normalized spacial score (nSPS) is 11.9. The first-order chi connectivity index (χ1) is 12.7. The van der Waals surface area contributed by atoms with Gasteiger partial charge in [-0.25, -0.2) is 0 Å². The van der Waals surface area contributed by atoms with Crippen LogP contribution in [0.4, 0.5) is 17.1 Å². The third-order valence-corrected chi connectivity index (χ3v) is 4.09. The average Bonchev–Trinajstić information content (AvgIpc) is 3.15. The number of aromatic nitrogens is 1. The lowest BCUT2D eigenvalue weighted by Crippen LogP contribution is -2.27. The largest absolute Gasteiger partial charge is 0.454 e. The Morgan fingerprint density at radius 2 is 1.77 bits per heavy atom. The molecule has 1 amide bonds. The minimum atomic E-state index is -0.175. The van der Waals surface area contributed by atoms with Crippen LogP contribution in [0.15, 0.2) is 66.9 Å². The molecule has 26 heavy (non-hydrogen) atoms. The van der Waals surface area contributed by atoms with Crippen LogP contribution in [0.25, 0.3) is 0 Å². The van der Waals surface area contributed by atoms with E-state index in [1.165, 1.54) is 0 Å². The van der Waals surface area contributed by atoms with E-state index in [2.05, 4.69) is 10.3 Å². The van der Waals surface area contributed by atoms with Gasteiger partial charge < -0.3 is 19.7 Å². The summed E-state index contributed by atoms with van der Waals surface area (Å²) in [5, 5.41) is 3.26. The van der Waals surface area contributed by atoms with Crippen LogP contribution in [0.5, 0.6) is 11.5 Å². The lowest BCUT2D eigenvalue weighted by atomic mass is 10.2. The number of benzene rings is 2. The molecule has 130 valence electrons. The zero-order valence-corrected chi connectivity index (χ0v) is 14.2. The Morgan fingerprint density at radius 3 is 2.62 bits per heavy atom. The molecule has 0 bridgehead atoms. The molecule has 0 spiro atoms. The highest BCUT2D eigenvalue weighted by Crippen LogP contribution is 2.35. The Balaban J connectivity index is 1.54. The van der Waals surface area contributed by atoms with Crippen LogP contribution in [-0.2, 0) is 0 Å². The van der Waals surface area contributed by atoms with Crippen molar-refractivity contribution in [3.63, 3.8) is 0 Å². The molecule has 0 aliphatic carbocycles. The molecule has 0 radical (unpaired) electrons. The van der Waals surface area contributed by atoms with Crippen molar-refractivity contribution in [3.8, 4) is 11.5 Å². The number of nitrogens with one attached hydrogen (secondary N) is 1. The maximum Gasteiger partial charge on any atom is 0.276 e. The highest BCUT2D eigenvalue weighted by atomic mass is 16.7. The average molecular weight is 347 g/mol. The van der Waals surface area contributed by atoms with Crippen LogP contribution in [0, 0.1) is 0 Å². The van der Waals surface area contributed by atoms with Crippen LogP contribution in [0.2, 0.25) is 0 Å². The molecule has 1 N–H and O–H groups in total. The zero-order chi connectivity index (χ0) is 17.9. The zero-order valence-electron chi connectivity index (χ0n) is 14.2. The number of para-hydroxylation sites is 1. The minimum Gasteiger partial charge on any atom is -0.454 e. The smallest absolute Gasteiger partial charge is 0.276 e. The number of amides is 1. The molecular weight excluding hydrogens is 330 g/mol. The number of ether oxygens (including phenoxy) is 2. The molecule has 0 fully saturated rings. The van der Waals surface area contributed by atoms with Gasteiger partial charge in [0.1, 0.15) is 5.69 Å². The van der Waals surface area contributed by atoms with Crippen molar-refractivity contribution in [2.75, 3.05) is 24.1 Å². The van der Waals surface area contributed by atoms with Gasteiger partial charge in [-0.1, -0.05) is 18.2 Å². The van der Waals surface area contributed by atoms with Gasteiger partial charge in [0, 0.05) is 36.4 Å². The molecule has 0 unspecified atom stereocenters. The van der Waals surface area contributed by atoms with E-state index in [-0.39, 0.29) is 12.7 Å². The lowest BCUT2D eigenvalue weighted by molar-refractivity contribution is 0.0988. The van der Waals surface area contributed by atoms with Crippen molar-refractivity contribution < 1.29 is 14.3 Å². The standard InChI is InChI=1S/C20H17N3O3/c1-23(16-5-3-2-4-6-16)20(24)17-11-15(9-10-21-17)22-14-7-8-18-19(12-14)26-13-25-18/h2-12H,13H2,1H3,(H,21,22). The second kappa shape index (κ2) is 6.76. The van der Waals surface area contributed by atoms with Gasteiger partial charge in [0.2, 0.25) is 6.79 Å². The first kappa shape index (κ1) is 16.0. The Labute approximate surface area is 151 Å².